The lowest BCUT2D eigenvalue weighted by Crippen LogP contribution is -2.36. The molecule has 0 bridgehead atoms. The van der Waals surface area contributed by atoms with Gasteiger partial charge < -0.3 is 19.5 Å². The van der Waals surface area contributed by atoms with Crippen LogP contribution in [-0.4, -0.2) is 37.9 Å². The maximum absolute atomic E-state index is 14.0. The lowest BCUT2D eigenvalue weighted by atomic mass is 9.91. The highest BCUT2D eigenvalue weighted by Crippen LogP contribution is 2.46. The molecule has 0 aromatic heterocycles. The number of anilines is 1. The van der Waals surface area contributed by atoms with Crippen molar-refractivity contribution in [3.8, 4) is 22.6 Å². The number of hydrogen-bond donors (Lipinski definition) is 1. The Morgan fingerprint density at radius 3 is 2.18 bits per heavy atom. The van der Waals surface area contributed by atoms with E-state index in [1.807, 2.05) is 29.2 Å². The van der Waals surface area contributed by atoms with Crippen LogP contribution >= 0.6 is 13.5 Å². The lowest BCUT2D eigenvalue weighted by Gasteiger charge is -2.35. The van der Waals surface area contributed by atoms with Crippen LogP contribution in [0.5, 0.6) is 11.5 Å². The lowest BCUT2D eigenvalue weighted by molar-refractivity contribution is -0.143. The summed E-state index contributed by atoms with van der Waals surface area (Å²) >= 11 is 0. The average molecular weight is 656 g/mol. The predicted molar refractivity (Wildman–Crippen MR) is 163 cm³/mol. The minimum atomic E-state index is -5.00. The zero-order valence-corrected chi connectivity index (χ0v) is 25.5. The third kappa shape index (κ3) is 8.39. The van der Waals surface area contributed by atoms with Crippen molar-refractivity contribution < 1.29 is 45.7 Å². The van der Waals surface area contributed by atoms with E-state index in [1.54, 1.807) is 6.07 Å². The van der Waals surface area contributed by atoms with Gasteiger partial charge in [0.05, 0.1) is 31.3 Å². The van der Waals surface area contributed by atoms with Gasteiger partial charge in [-0.05, 0) is 91.0 Å². The summed E-state index contributed by atoms with van der Waals surface area (Å²) < 4.78 is 93.3. The quantitative estimate of drug-likeness (QED) is 0.221. The summed E-state index contributed by atoms with van der Waals surface area (Å²) in [6.07, 6.45) is -6.43. The molecule has 3 aromatic rings. The molecular weight excluding hydrogens is 620 g/mol. The summed E-state index contributed by atoms with van der Waals surface area (Å²) in [7, 11) is 1.44. The molecule has 12 heteroatoms. The normalized spacial score (nSPS) is 16.6. The van der Waals surface area contributed by atoms with Crippen molar-refractivity contribution in [1.29, 1.82) is 0 Å². The highest BCUT2D eigenvalue weighted by Gasteiger charge is 2.39. The van der Waals surface area contributed by atoms with Crippen molar-refractivity contribution in [2.24, 2.45) is 11.8 Å². The molecule has 1 atom stereocenters. The number of halogens is 6. The molecule has 2 fully saturated rings. The van der Waals surface area contributed by atoms with Crippen LogP contribution in [0.25, 0.3) is 11.1 Å². The van der Waals surface area contributed by atoms with Gasteiger partial charge in [0.25, 0.3) is 0 Å². The zero-order chi connectivity index (χ0) is 31.6. The summed E-state index contributed by atoms with van der Waals surface area (Å²) in [6, 6.07) is 13.8. The Labute approximate surface area is 264 Å². The molecule has 1 aliphatic carbocycles. The highest BCUT2D eigenvalue weighted by molar-refractivity contribution is 7.59. The number of carbonyl (C=O) groups is 1. The van der Waals surface area contributed by atoms with Crippen molar-refractivity contribution in [2.45, 2.75) is 50.4 Å². The van der Waals surface area contributed by atoms with Crippen LogP contribution in [0.1, 0.15) is 54.7 Å². The Morgan fingerprint density at radius 1 is 0.889 bits per heavy atom. The monoisotopic (exact) mass is 655 g/mol. The van der Waals surface area contributed by atoms with Gasteiger partial charge in [-0.1, -0.05) is 18.2 Å². The SMILES string of the molecule is COc1ccc(-c2ccc(C(F)(F)F)cc2C(F)(F)F)c(N2CCC(COc3cccc([C@@H](CC(=O)O)C4CC4)c3)CC2)c1.S. The second-order valence-corrected chi connectivity index (χ2v) is 11.5. The van der Waals surface area contributed by atoms with Gasteiger partial charge in [-0.2, -0.15) is 39.8 Å². The van der Waals surface area contributed by atoms with Gasteiger partial charge in [-0.15, -0.1) is 0 Å². The van der Waals surface area contributed by atoms with E-state index in [1.165, 1.54) is 19.2 Å². The third-order valence-electron chi connectivity index (χ3n) is 8.46. The van der Waals surface area contributed by atoms with Crippen LogP contribution in [0.4, 0.5) is 32.0 Å². The van der Waals surface area contributed by atoms with E-state index >= 15 is 0 Å². The van der Waals surface area contributed by atoms with Crippen LogP contribution < -0.4 is 14.4 Å². The molecule has 1 saturated heterocycles. The van der Waals surface area contributed by atoms with Gasteiger partial charge in [0.2, 0.25) is 0 Å². The molecule has 45 heavy (non-hydrogen) atoms. The van der Waals surface area contributed by atoms with Gasteiger partial charge in [0.15, 0.2) is 0 Å². The summed E-state index contributed by atoms with van der Waals surface area (Å²) in [5.74, 6) is 0.756. The second kappa shape index (κ2) is 13.8. The predicted octanol–water partition coefficient (Wildman–Crippen LogP) is 8.78. The van der Waals surface area contributed by atoms with Gasteiger partial charge >= 0.3 is 18.3 Å². The van der Waals surface area contributed by atoms with Crippen LogP contribution in [-0.2, 0) is 17.1 Å². The summed E-state index contributed by atoms with van der Waals surface area (Å²) in [5, 5.41) is 9.34. The fraction of sp³-hybridized carbons (Fsp3) is 0.424. The van der Waals surface area contributed by atoms with Crippen LogP contribution in [0, 0.1) is 11.8 Å². The first kappa shape index (κ1) is 34.3. The fourth-order valence-corrected chi connectivity index (χ4v) is 5.95. The number of aliphatic carboxylic acids is 1. The smallest absolute Gasteiger partial charge is 0.417 e. The maximum Gasteiger partial charge on any atom is 0.417 e. The first-order valence-corrected chi connectivity index (χ1v) is 14.5. The van der Waals surface area contributed by atoms with Crippen molar-refractivity contribution in [1.82, 2.24) is 0 Å². The molecule has 0 amide bonds. The topological polar surface area (TPSA) is 59.0 Å². The number of ether oxygens (including phenoxy) is 2. The van der Waals surface area contributed by atoms with E-state index in [0.717, 1.165) is 24.5 Å². The summed E-state index contributed by atoms with van der Waals surface area (Å²) in [4.78, 5) is 13.3. The molecule has 244 valence electrons. The third-order valence-corrected chi connectivity index (χ3v) is 8.46. The van der Waals surface area contributed by atoms with E-state index < -0.39 is 29.4 Å². The molecule has 2 aliphatic rings. The maximum atomic E-state index is 14.0. The minimum Gasteiger partial charge on any atom is -0.497 e. The van der Waals surface area contributed by atoms with Crippen LogP contribution in [0.15, 0.2) is 60.7 Å². The number of carboxylic acids is 1. The zero-order valence-electron chi connectivity index (χ0n) is 24.5. The van der Waals surface area contributed by atoms with Gasteiger partial charge in [0.1, 0.15) is 11.5 Å². The van der Waals surface area contributed by atoms with E-state index in [4.69, 9.17) is 9.47 Å². The van der Waals surface area contributed by atoms with Crippen LogP contribution in [0.3, 0.4) is 0 Å². The molecule has 5 rings (SSSR count). The number of rotatable bonds is 10. The summed E-state index contributed by atoms with van der Waals surface area (Å²) in [6.45, 7) is 1.42. The number of methoxy groups -OCH3 is 1. The summed E-state index contributed by atoms with van der Waals surface area (Å²) in [5.41, 5.74) is -1.47. The molecule has 0 spiro atoms. The number of carboxylic acid groups (broad SMARTS) is 1. The Morgan fingerprint density at radius 2 is 1.58 bits per heavy atom. The number of piperidine rings is 1. The Balaban J connectivity index is 0.00000461. The first-order valence-electron chi connectivity index (χ1n) is 14.5. The Hall–Kier alpha value is -3.54. The number of alkyl halides is 6. The highest BCUT2D eigenvalue weighted by atomic mass is 32.1. The Kier molecular flexibility index (Phi) is 10.6. The molecule has 3 aromatic carbocycles. The second-order valence-electron chi connectivity index (χ2n) is 11.5. The van der Waals surface area contributed by atoms with E-state index in [2.05, 4.69) is 0 Å². The molecular formula is C33H35F6NO4S. The van der Waals surface area contributed by atoms with Crippen molar-refractivity contribution in [2.75, 3.05) is 31.7 Å². The first-order chi connectivity index (χ1) is 20.8. The minimum absolute atomic E-state index is 0. The van der Waals surface area contributed by atoms with Gasteiger partial charge in [-0.3, -0.25) is 4.79 Å². The molecule has 0 unspecified atom stereocenters. The molecule has 5 nitrogen and oxygen atoms in total. The molecule has 1 aliphatic heterocycles. The van der Waals surface area contributed by atoms with Gasteiger partial charge in [-0.25, -0.2) is 0 Å². The molecule has 1 saturated carbocycles. The van der Waals surface area contributed by atoms with Crippen molar-refractivity contribution >= 4 is 25.2 Å². The number of nitrogens with zero attached hydrogens (tertiary/aromatic N) is 1. The number of benzene rings is 3. The standard InChI is InChI=1S/C33H33F6NO4.H2S/c1-43-24-8-10-27(26-9-7-23(32(34,35)36)16-29(26)33(37,38)39)30(17-24)40-13-11-20(12-14-40)19-44-25-4-2-3-22(15-25)28(18-31(41)42)21-5-6-21;/h2-4,7-10,15-17,20-21,28H,5-6,11-14,18-19H2,1H3,(H,41,42);1H2/t28-;/m0./s1. The van der Waals surface area contributed by atoms with E-state index in [-0.39, 0.29) is 48.9 Å². The molecule has 0 radical (unpaired) electrons. The van der Waals surface area contributed by atoms with Crippen LogP contribution in [0.2, 0.25) is 0 Å². The number of hydrogen-bond acceptors (Lipinski definition) is 4. The van der Waals surface area contributed by atoms with Gasteiger partial charge in [0, 0.05) is 30.4 Å². The van der Waals surface area contributed by atoms with Crippen molar-refractivity contribution in [3.05, 3.63) is 77.4 Å². The fourth-order valence-electron chi connectivity index (χ4n) is 5.95. The molecule has 1 heterocycles. The van der Waals surface area contributed by atoms with E-state index in [0.29, 0.717) is 61.7 Å². The largest absolute Gasteiger partial charge is 0.497 e. The van der Waals surface area contributed by atoms with E-state index in [9.17, 15) is 36.2 Å². The average Bonchev–Trinajstić information content (AvgIpc) is 3.83. The van der Waals surface area contributed by atoms with Crippen molar-refractivity contribution in [3.63, 3.8) is 0 Å². The molecule has 1 N–H and O–H groups in total. The Bertz CT molecular complexity index is 1480.